The summed E-state index contributed by atoms with van der Waals surface area (Å²) in [5.41, 5.74) is -1.03. The molecule has 2 saturated heterocycles. The number of alkyl halides is 3. The molecule has 2 aliphatic rings. The van der Waals surface area contributed by atoms with Gasteiger partial charge in [-0.15, -0.1) is 0 Å². The molecule has 3 rings (SSSR count). The van der Waals surface area contributed by atoms with Gasteiger partial charge in [0.05, 0.1) is 22.9 Å². The number of sulfonamides is 1. The molecule has 0 saturated carbocycles. The van der Waals surface area contributed by atoms with Crippen molar-refractivity contribution in [2.24, 2.45) is 0 Å². The maximum Gasteiger partial charge on any atom is 0.416 e. The summed E-state index contributed by atoms with van der Waals surface area (Å²) in [5, 5.41) is 0. The average molecular weight is 405 g/mol. The number of imide groups is 1. The molecule has 2 aliphatic heterocycles. The lowest BCUT2D eigenvalue weighted by Gasteiger charge is -2.36. The molecule has 27 heavy (non-hydrogen) atoms. The third kappa shape index (κ3) is 3.71. The number of amides is 2. The third-order valence-corrected chi connectivity index (χ3v) is 6.77. The van der Waals surface area contributed by atoms with E-state index in [0.717, 1.165) is 27.4 Å². The van der Waals surface area contributed by atoms with E-state index in [9.17, 15) is 31.2 Å². The lowest BCUT2D eigenvalue weighted by molar-refractivity contribution is -0.139. The Morgan fingerprint density at radius 1 is 1.07 bits per heavy atom. The van der Waals surface area contributed by atoms with Gasteiger partial charge in [0.15, 0.2) is 0 Å². The maximum absolute atomic E-state index is 12.8. The molecule has 1 aromatic carbocycles. The van der Waals surface area contributed by atoms with Crippen LogP contribution >= 0.6 is 0 Å². The third-order valence-electron chi connectivity index (χ3n) is 4.87. The largest absolute Gasteiger partial charge is 0.416 e. The minimum atomic E-state index is -4.63. The Balaban J connectivity index is 1.72. The van der Waals surface area contributed by atoms with Crippen molar-refractivity contribution in [2.45, 2.75) is 23.5 Å². The van der Waals surface area contributed by atoms with Crippen molar-refractivity contribution in [1.82, 2.24) is 14.1 Å². The summed E-state index contributed by atoms with van der Waals surface area (Å²) in [5.74, 6) is -0.613. The minimum Gasteiger partial charge on any atom is -0.289 e. The Labute approximate surface area is 154 Å². The molecular weight excluding hydrogens is 387 g/mol. The van der Waals surface area contributed by atoms with E-state index in [1.54, 1.807) is 4.90 Å². The van der Waals surface area contributed by atoms with Gasteiger partial charge in [-0.1, -0.05) is 6.07 Å². The highest BCUT2D eigenvalue weighted by Crippen LogP contribution is 2.31. The second-order valence-corrected chi connectivity index (χ2v) is 8.41. The predicted octanol–water partition coefficient (Wildman–Crippen LogP) is 0.769. The second-order valence-electron chi connectivity index (χ2n) is 6.48. The van der Waals surface area contributed by atoms with Crippen molar-refractivity contribution in [3.05, 3.63) is 29.8 Å². The topological polar surface area (TPSA) is 78.0 Å². The van der Waals surface area contributed by atoms with E-state index < -0.39 is 32.7 Å². The first-order valence-electron chi connectivity index (χ1n) is 8.23. The number of benzene rings is 1. The van der Waals surface area contributed by atoms with Crippen molar-refractivity contribution >= 4 is 21.8 Å². The molecular formula is C16H18F3N3O4S. The summed E-state index contributed by atoms with van der Waals surface area (Å²) in [6.45, 7) is 0.492. The van der Waals surface area contributed by atoms with Gasteiger partial charge in [0.2, 0.25) is 21.8 Å². The fraction of sp³-hybridized carbons (Fsp3) is 0.500. The molecule has 148 valence electrons. The molecule has 2 heterocycles. The molecule has 0 radical (unpaired) electrons. The summed E-state index contributed by atoms with van der Waals surface area (Å²) >= 11 is 0. The van der Waals surface area contributed by atoms with Crippen LogP contribution in [0.2, 0.25) is 0 Å². The lowest BCUT2D eigenvalue weighted by atomic mass is 10.2. The van der Waals surface area contributed by atoms with Gasteiger partial charge in [0.25, 0.3) is 0 Å². The van der Waals surface area contributed by atoms with Crippen LogP contribution in [0, 0.1) is 0 Å². The minimum absolute atomic E-state index is 0.0280. The lowest BCUT2D eigenvalue weighted by Crippen LogP contribution is -2.53. The van der Waals surface area contributed by atoms with Gasteiger partial charge in [0.1, 0.15) is 0 Å². The summed E-state index contributed by atoms with van der Waals surface area (Å²) < 4.78 is 65.0. The SMILES string of the molecule is CN1C(=O)C[C@H](N2CCN(S(=O)(=O)c3cccc(C(F)(F)F)c3)CC2)C1=O. The zero-order valence-corrected chi connectivity index (χ0v) is 15.3. The van der Waals surface area contributed by atoms with E-state index in [1.807, 2.05) is 0 Å². The number of likely N-dealkylation sites (tertiary alicyclic amines) is 1. The molecule has 0 aliphatic carbocycles. The van der Waals surface area contributed by atoms with Crippen molar-refractivity contribution < 1.29 is 31.2 Å². The predicted molar refractivity (Wildman–Crippen MR) is 88.0 cm³/mol. The Morgan fingerprint density at radius 2 is 1.70 bits per heavy atom. The van der Waals surface area contributed by atoms with Crippen LogP contribution in [0.15, 0.2) is 29.2 Å². The zero-order chi connectivity index (χ0) is 20.0. The number of rotatable bonds is 3. The zero-order valence-electron chi connectivity index (χ0n) is 14.4. The highest BCUT2D eigenvalue weighted by Gasteiger charge is 2.42. The van der Waals surface area contributed by atoms with Crippen molar-refractivity contribution in [1.29, 1.82) is 0 Å². The Kier molecular flexibility index (Phi) is 5.04. The standard InChI is InChI=1S/C16H18F3N3O4S/c1-20-14(23)10-13(15(20)24)21-5-7-22(8-6-21)27(25,26)12-4-2-3-11(9-12)16(17,18)19/h2-4,9,13H,5-8,10H2,1H3/t13-/m0/s1. The van der Waals surface area contributed by atoms with Crippen LogP contribution in [-0.4, -0.2) is 73.6 Å². The summed E-state index contributed by atoms with van der Waals surface area (Å²) in [6, 6.07) is 3.02. The van der Waals surface area contributed by atoms with Crippen molar-refractivity contribution in [2.75, 3.05) is 33.2 Å². The number of piperazine rings is 1. The van der Waals surface area contributed by atoms with Gasteiger partial charge >= 0.3 is 6.18 Å². The Bertz CT molecular complexity index is 864. The fourth-order valence-corrected chi connectivity index (χ4v) is 4.73. The maximum atomic E-state index is 12.8. The van der Waals surface area contributed by atoms with Gasteiger partial charge in [0, 0.05) is 33.2 Å². The van der Waals surface area contributed by atoms with E-state index >= 15 is 0 Å². The smallest absolute Gasteiger partial charge is 0.289 e. The number of halogens is 3. The summed E-state index contributed by atoms with van der Waals surface area (Å²) in [7, 11) is -2.68. The van der Waals surface area contributed by atoms with Gasteiger partial charge in [-0.25, -0.2) is 8.42 Å². The number of carbonyl (C=O) groups is 2. The normalized spacial score (nSPS) is 23.3. The molecule has 1 aromatic rings. The van der Waals surface area contributed by atoms with Crippen LogP contribution in [0.3, 0.4) is 0 Å². The molecule has 0 aromatic heterocycles. The van der Waals surface area contributed by atoms with E-state index in [0.29, 0.717) is 6.07 Å². The molecule has 0 unspecified atom stereocenters. The molecule has 0 N–H and O–H groups in total. The molecule has 0 bridgehead atoms. The van der Waals surface area contributed by atoms with Crippen LogP contribution < -0.4 is 0 Å². The fourth-order valence-electron chi connectivity index (χ4n) is 3.26. The van der Waals surface area contributed by atoms with Crippen LogP contribution in [0.1, 0.15) is 12.0 Å². The first kappa shape index (κ1) is 19.8. The average Bonchev–Trinajstić information content (AvgIpc) is 2.89. The van der Waals surface area contributed by atoms with E-state index in [-0.39, 0.29) is 44.4 Å². The number of hydrogen-bond donors (Lipinski definition) is 0. The van der Waals surface area contributed by atoms with E-state index in [1.165, 1.54) is 7.05 Å². The van der Waals surface area contributed by atoms with E-state index in [4.69, 9.17) is 0 Å². The number of likely N-dealkylation sites (N-methyl/N-ethyl adjacent to an activating group) is 1. The molecule has 0 spiro atoms. The van der Waals surface area contributed by atoms with Gasteiger partial charge in [-0.3, -0.25) is 19.4 Å². The summed E-state index contributed by atoms with van der Waals surface area (Å²) in [6.07, 6.45) is -4.58. The number of hydrogen-bond acceptors (Lipinski definition) is 5. The van der Waals surface area contributed by atoms with Gasteiger partial charge in [-0.05, 0) is 18.2 Å². The first-order chi connectivity index (χ1) is 12.5. The molecule has 2 fully saturated rings. The van der Waals surface area contributed by atoms with Gasteiger partial charge < -0.3 is 0 Å². The second kappa shape index (κ2) is 6.88. The van der Waals surface area contributed by atoms with Crippen LogP contribution in [0.5, 0.6) is 0 Å². The summed E-state index contributed by atoms with van der Waals surface area (Å²) in [4.78, 5) is 26.1. The van der Waals surface area contributed by atoms with Gasteiger partial charge in [-0.2, -0.15) is 17.5 Å². The monoisotopic (exact) mass is 405 g/mol. The Hall–Kier alpha value is -1.98. The number of nitrogens with zero attached hydrogens (tertiary/aromatic N) is 3. The molecule has 2 amide bonds. The number of carbonyl (C=O) groups excluding carboxylic acids is 2. The Morgan fingerprint density at radius 3 is 2.22 bits per heavy atom. The first-order valence-corrected chi connectivity index (χ1v) is 9.67. The molecule has 11 heteroatoms. The van der Waals surface area contributed by atoms with Crippen LogP contribution in [0.25, 0.3) is 0 Å². The molecule has 7 nitrogen and oxygen atoms in total. The quantitative estimate of drug-likeness (QED) is 0.695. The van der Waals surface area contributed by atoms with Crippen LogP contribution in [0.4, 0.5) is 13.2 Å². The highest BCUT2D eigenvalue weighted by atomic mass is 32.2. The van der Waals surface area contributed by atoms with E-state index in [2.05, 4.69) is 0 Å². The highest BCUT2D eigenvalue weighted by molar-refractivity contribution is 7.89. The molecule has 1 atom stereocenters. The van der Waals surface area contributed by atoms with Crippen molar-refractivity contribution in [3.63, 3.8) is 0 Å². The van der Waals surface area contributed by atoms with Crippen LogP contribution in [-0.2, 0) is 25.8 Å². The van der Waals surface area contributed by atoms with Crippen molar-refractivity contribution in [3.8, 4) is 0 Å².